The van der Waals surface area contributed by atoms with Crippen molar-refractivity contribution in [3.8, 4) is 0 Å². The number of pyridine rings is 1. The normalized spacial score (nSPS) is 14.7. The lowest BCUT2D eigenvalue weighted by atomic mass is 10.2. The van der Waals surface area contributed by atoms with Crippen molar-refractivity contribution >= 4 is 28.3 Å². The van der Waals surface area contributed by atoms with Crippen molar-refractivity contribution in [2.45, 2.75) is 0 Å². The maximum atomic E-state index is 13.5. The third kappa shape index (κ3) is 3.02. The standard InChI is InChI=1S/C21H18FN5O2/c22-15-4-5-17-16(12-15)20(28)24-19-11-14(13-27(17)19)21(29)26-9-7-25(8-10-26)18-3-1-2-6-23-18/h1-6,11-13H,7-10H2,(H,24,28). The summed E-state index contributed by atoms with van der Waals surface area (Å²) >= 11 is 0. The minimum Gasteiger partial charge on any atom is -0.353 e. The summed E-state index contributed by atoms with van der Waals surface area (Å²) in [7, 11) is 0. The van der Waals surface area contributed by atoms with Crippen LogP contribution < -0.4 is 10.5 Å². The molecule has 3 aromatic heterocycles. The first-order chi connectivity index (χ1) is 14.1. The van der Waals surface area contributed by atoms with E-state index in [9.17, 15) is 14.0 Å². The van der Waals surface area contributed by atoms with Crippen LogP contribution in [0.3, 0.4) is 0 Å². The van der Waals surface area contributed by atoms with Gasteiger partial charge >= 0.3 is 0 Å². The van der Waals surface area contributed by atoms with Gasteiger partial charge in [-0.15, -0.1) is 0 Å². The summed E-state index contributed by atoms with van der Waals surface area (Å²) in [5, 5.41) is 0.246. The zero-order chi connectivity index (χ0) is 20.0. The molecule has 29 heavy (non-hydrogen) atoms. The average Bonchev–Trinajstić information content (AvgIpc) is 3.18. The van der Waals surface area contributed by atoms with E-state index in [4.69, 9.17) is 0 Å². The van der Waals surface area contributed by atoms with Gasteiger partial charge in [-0.05, 0) is 36.4 Å². The van der Waals surface area contributed by atoms with Crippen LogP contribution in [0.5, 0.6) is 0 Å². The van der Waals surface area contributed by atoms with E-state index in [1.165, 1.54) is 12.1 Å². The lowest BCUT2D eigenvalue weighted by molar-refractivity contribution is 0.0746. The number of nitrogens with zero attached hydrogens (tertiary/aromatic N) is 4. The van der Waals surface area contributed by atoms with Crippen LogP contribution in [0.25, 0.3) is 16.6 Å². The zero-order valence-corrected chi connectivity index (χ0v) is 15.5. The SMILES string of the molecule is O=C(c1cc2[nH]c(=O)c3cc(F)ccc3n2c1)N1CCN(c2ccccn2)CC1. The molecule has 1 aliphatic rings. The molecule has 0 radical (unpaired) electrons. The number of hydrogen-bond acceptors (Lipinski definition) is 4. The number of fused-ring (bicyclic) bond motifs is 3. The van der Waals surface area contributed by atoms with Gasteiger partial charge in [-0.25, -0.2) is 9.37 Å². The molecule has 7 nitrogen and oxygen atoms in total. The number of piperazine rings is 1. The molecule has 4 aromatic rings. The Kier molecular flexibility index (Phi) is 4.04. The molecule has 0 unspecified atom stereocenters. The summed E-state index contributed by atoms with van der Waals surface area (Å²) in [4.78, 5) is 36.3. The Morgan fingerprint density at radius 1 is 1.07 bits per heavy atom. The molecule has 1 N–H and O–H groups in total. The van der Waals surface area contributed by atoms with E-state index >= 15 is 0 Å². The van der Waals surface area contributed by atoms with Crippen molar-refractivity contribution in [3.05, 3.63) is 76.6 Å². The molecule has 1 fully saturated rings. The predicted octanol–water partition coefficient (Wildman–Crippen LogP) is 2.28. The molecule has 0 bridgehead atoms. The second kappa shape index (κ2) is 6.73. The summed E-state index contributed by atoms with van der Waals surface area (Å²) in [5.41, 5.74) is 1.17. The first kappa shape index (κ1) is 17.4. The van der Waals surface area contributed by atoms with E-state index < -0.39 is 5.82 Å². The summed E-state index contributed by atoms with van der Waals surface area (Å²) in [6.45, 7) is 2.58. The van der Waals surface area contributed by atoms with Gasteiger partial charge in [-0.1, -0.05) is 6.07 Å². The van der Waals surface area contributed by atoms with Crippen LogP contribution in [-0.2, 0) is 0 Å². The molecule has 0 atom stereocenters. The summed E-state index contributed by atoms with van der Waals surface area (Å²) in [6.07, 6.45) is 3.45. The fraction of sp³-hybridized carbons (Fsp3) is 0.190. The Labute approximate surface area is 165 Å². The van der Waals surface area contributed by atoms with Gasteiger partial charge in [0.05, 0.1) is 16.5 Å². The maximum Gasteiger partial charge on any atom is 0.259 e. The smallest absolute Gasteiger partial charge is 0.259 e. The van der Waals surface area contributed by atoms with Crippen molar-refractivity contribution in [2.24, 2.45) is 0 Å². The number of aromatic nitrogens is 3. The van der Waals surface area contributed by atoms with Crippen molar-refractivity contribution < 1.29 is 9.18 Å². The van der Waals surface area contributed by atoms with Gasteiger partial charge in [-0.3, -0.25) is 9.59 Å². The van der Waals surface area contributed by atoms with Crippen LogP contribution in [0.4, 0.5) is 10.2 Å². The molecule has 1 saturated heterocycles. The number of halogens is 1. The van der Waals surface area contributed by atoms with Crippen molar-refractivity contribution in [3.63, 3.8) is 0 Å². The summed E-state index contributed by atoms with van der Waals surface area (Å²) in [6, 6.07) is 11.5. The highest BCUT2D eigenvalue weighted by Gasteiger charge is 2.24. The fourth-order valence-electron chi connectivity index (χ4n) is 3.82. The third-order valence-electron chi connectivity index (χ3n) is 5.31. The van der Waals surface area contributed by atoms with E-state index in [2.05, 4.69) is 14.9 Å². The van der Waals surface area contributed by atoms with Crippen LogP contribution in [0, 0.1) is 5.82 Å². The van der Waals surface area contributed by atoms with Gasteiger partial charge in [0, 0.05) is 38.6 Å². The van der Waals surface area contributed by atoms with Gasteiger partial charge in [0.15, 0.2) is 0 Å². The highest BCUT2D eigenvalue weighted by atomic mass is 19.1. The molecule has 1 amide bonds. The fourth-order valence-corrected chi connectivity index (χ4v) is 3.82. The Morgan fingerprint density at radius 2 is 1.90 bits per heavy atom. The molecule has 4 heterocycles. The number of benzene rings is 1. The van der Waals surface area contributed by atoms with Crippen LogP contribution in [0.2, 0.25) is 0 Å². The van der Waals surface area contributed by atoms with Crippen LogP contribution in [0.1, 0.15) is 10.4 Å². The molecular formula is C21H18FN5O2. The topological polar surface area (TPSA) is 73.7 Å². The van der Waals surface area contributed by atoms with Crippen LogP contribution in [-0.4, -0.2) is 51.4 Å². The van der Waals surface area contributed by atoms with E-state index in [0.29, 0.717) is 42.9 Å². The van der Waals surface area contributed by atoms with Gasteiger partial charge in [0.1, 0.15) is 17.3 Å². The predicted molar refractivity (Wildman–Crippen MR) is 108 cm³/mol. The lowest BCUT2D eigenvalue weighted by Gasteiger charge is -2.35. The number of H-pyrrole nitrogens is 1. The molecular weight excluding hydrogens is 373 g/mol. The van der Waals surface area contributed by atoms with Crippen LogP contribution >= 0.6 is 0 Å². The quantitative estimate of drug-likeness (QED) is 0.569. The maximum absolute atomic E-state index is 13.5. The Bertz CT molecular complexity index is 1270. The molecule has 8 heteroatoms. The number of anilines is 1. The zero-order valence-electron chi connectivity index (χ0n) is 15.5. The minimum atomic E-state index is -0.475. The van der Waals surface area contributed by atoms with E-state index in [0.717, 1.165) is 5.82 Å². The van der Waals surface area contributed by atoms with Gasteiger partial charge in [0.25, 0.3) is 11.5 Å². The molecule has 1 aromatic carbocycles. The van der Waals surface area contributed by atoms with E-state index in [-0.39, 0.29) is 16.9 Å². The summed E-state index contributed by atoms with van der Waals surface area (Å²) < 4.78 is 15.2. The Hall–Kier alpha value is -3.68. The summed E-state index contributed by atoms with van der Waals surface area (Å²) in [5.74, 6) is 0.340. The Balaban J connectivity index is 1.42. The number of rotatable bonds is 2. The van der Waals surface area contributed by atoms with Gasteiger partial charge in [-0.2, -0.15) is 0 Å². The second-order valence-electron chi connectivity index (χ2n) is 7.07. The van der Waals surface area contributed by atoms with E-state index in [1.54, 1.807) is 33.8 Å². The number of amides is 1. The molecule has 5 rings (SSSR count). The number of hydrogen-bond donors (Lipinski definition) is 1. The van der Waals surface area contributed by atoms with E-state index in [1.807, 2.05) is 18.2 Å². The van der Waals surface area contributed by atoms with Crippen molar-refractivity contribution in [2.75, 3.05) is 31.1 Å². The van der Waals surface area contributed by atoms with Crippen LogP contribution in [0.15, 0.2) is 59.7 Å². The highest BCUT2D eigenvalue weighted by Crippen LogP contribution is 2.19. The first-order valence-corrected chi connectivity index (χ1v) is 9.39. The number of nitrogens with one attached hydrogen (secondary N) is 1. The molecule has 146 valence electrons. The number of carbonyl (C=O) groups excluding carboxylic acids is 1. The van der Waals surface area contributed by atoms with Gasteiger partial charge in [0.2, 0.25) is 0 Å². The van der Waals surface area contributed by atoms with Crippen molar-refractivity contribution in [1.82, 2.24) is 19.3 Å². The minimum absolute atomic E-state index is 0.0921. The highest BCUT2D eigenvalue weighted by molar-refractivity contribution is 5.96. The number of aromatic amines is 1. The van der Waals surface area contributed by atoms with Gasteiger partial charge < -0.3 is 19.2 Å². The molecule has 0 saturated carbocycles. The molecule has 0 aliphatic carbocycles. The molecule has 1 aliphatic heterocycles. The van der Waals surface area contributed by atoms with Crippen molar-refractivity contribution in [1.29, 1.82) is 0 Å². The third-order valence-corrected chi connectivity index (χ3v) is 5.31. The molecule has 0 spiro atoms. The largest absolute Gasteiger partial charge is 0.353 e. The average molecular weight is 391 g/mol. The monoisotopic (exact) mass is 391 g/mol. The lowest BCUT2D eigenvalue weighted by Crippen LogP contribution is -2.49. The second-order valence-corrected chi connectivity index (χ2v) is 7.07. The Morgan fingerprint density at radius 3 is 2.66 bits per heavy atom. The number of carbonyl (C=O) groups is 1. The first-order valence-electron chi connectivity index (χ1n) is 9.39.